The van der Waals surface area contributed by atoms with Gasteiger partial charge in [-0.15, -0.1) is 0 Å². The monoisotopic (exact) mass is 241 g/mol. The molecule has 0 bridgehead atoms. The zero-order valence-corrected chi connectivity index (χ0v) is 8.95. The van der Waals surface area contributed by atoms with Gasteiger partial charge in [-0.2, -0.15) is 0 Å². The molecule has 0 unspecified atom stereocenters. The average Bonchev–Trinajstić information content (AvgIpc) is 2.62. The molecule has 0 saturated heterocycles. The van der Waals surface area contributed by atoms with Gasteiger partial charge in [0, 0.05) is 7.05 Å². The Kier molecular flexibility index (Phi) is 3.81. The molecule has 0 spiro atoms. The molecule has 1 aromatic rings. The van der Waals surface area contributed by atoms with Crippen LogP contribution < -0.4 is 5.32 Å². The Bertz CT molecular complexity index is 453. The van der Waals surface area contributed by atoms with Gasteiger partial charge >= 0.3 is 11.9 Å². The predicted octanol–water partition coefficient (Wildman–Crippen LogP) is -0.922. The van der Waals surface area contributed by atoms with Gasteiger partial charge in [0.05, 0.1) is 18.9 Å². The SMILES string of the molecule is Cn1cncc1C(=O)N[C@H](CC(=O)O)C(=O)O. The van der Waals surface area contributed by atoms with Crippen molar-refractivity contribution in [2.45, 2.75) is 12.5 Å². The molecule has 0 radical (unpaired) electrons. The zero-order chi connectivity index (χ0) is 13.0. The van der Waals surface area contributed by atoms with Crippen LogP contribution in [0.1, 0.15) is 16.9 Å². The average molecular weight is 241 g/mol. The fourth-order valence-corrected chi connectivity index (χ4v) is 1.18. The molecule has 0 aliphatic rings. The highest BCUT2D eigenvalue weighted by Crippen LogP contribution is 1.99. The molecule has 8 heteroatoms. The fraction of sp³-hybridized carbons (Fsp3) is 0.333. The van der Waals surface area contributed by atoms with Crippen molar-refractivity contribution in [2.24, 2.45) is 7.05 Å². The summed E-state index contributed by atoms with van der Waals surface area (Å²) in [6, 6.07) is -1.46. The van der Waals surface area contributed by atoms with Gasteiger partial charge in [-0.25, -0.2) is 9.78 Å². The van der Waals surface area contributed by atoms with Crippen molar-refractivity contribution in [1.82, 2.24) is 14.9 Å². The molecule has 0 fully saturated rings. The molecule has 0 aromatic carbocycles. The highest BCUT2D eigenvalue weighted by molar-refractivity contribution is 5.95. The van der Waals surface area contributed by atoms with Crippen LogP contribution in [0.4, 0.5) is 0 Å². The first-order valence-corrected chi connectivity index (χ1v) is 4.63. The van der Waals surface area contributed by atoms with Crippen LogP contribution in [0.25, 0.3) is 0 Å². The van der Waals surface area contributed by atoms with E-state index >= 15 is 0 Å². The summed E-state index contributed by atoms with van der Waals surface area (Å²) in [6.45, 7) is 0. The number of nitrogens with one attached hydrogen (secondary N) is 1. The van der Waals surface area contributed by atoms with Crippen LogP contribution in [0, 0.1) is 0 Å². The third kappa shape index (κ3) is 3.30. The molecule has 0 aliphatic heterocycles. The molecule has 17 heavy (non-hydrogen) atoms. The van der Waals surface area contributed by atoms with Crippen molar-refractivity contribution >= 4 is 17.8 Å². The van der Waals surface area contributed by atoms with Crippen LogP contribution in [0.15, 0.2) is 12.5 Å². The Hall–Kier alpha value is -2.38. The van der Waals surface area contributed by atoms with Gasteiger partial charge in [0.25, 0.3) is 5.91 Å². The third-order valence-electron chi connectivity index (χ3n) is 2.03. The van der Waals surface area contributed by atoms with Gasteiger partial charge in [-0.3, -0.25) is 9.59 Å². The lowest BCUT2D eigenvalue weighted by Gasteiger charge is -2.12. The van der Waals surface area contributed by atoms with Gasteiger partial charge < -0.3 is 20.1 Å². The summed E-state index contributed by atoms with van der Waals surface area (Å²) >= 11 is 0. The molecule has 92 valence electrons. The maximum absolute atomic E-state index is 11.6. The van der Waals surface area contributed by atoms with E-state index in [0.29, 0.717) is 0 Å². The van der Waals surface area contributed by atoms with E-state index in [1.165, 1.54) is 17.1 Å². The second-order valence-corrected chi connectivity index (χ2v) is 3.35. The number of aliphatic carboxylic acids is 2. The quantitative estimate of drug-likeness (QED) is 0.612. The lowest BCUT2D eigenvalue weighted by Crippen LogP contribution is -2.42. The Labute approximate surface area is 95.9 Å². The largest absolute Gasteiger partial charge is 0.481 e. The van der Waals surface area contributed by atoms with Gasteiger partial charge in [-0.1, -0.05) is 0 Å². The third-order valence-corrected chi connectivity index (χ3v) is 2.03. The number of carbonyl (C=O) groups is 3. The van der Waals surface area contributed by atoms with E-state index in [1.807, 2.05) is 0 Å². The summed E-state index contributed by atoms with van der Waals surface area (Å²) in [4.78, 5) is 36.4. The number of carboxylic acid groups (broad SMARTS) is 2. The smallest absolute Gasteiger partial charge is 0.326 e. The van der Waals surface area contributed by atoms with Crippen LogP contribution in [0.2, 0.25) is 0 Å². The zero-order valence-electron chi connectivity index (χ0n) is 8.95. The normalized spacial score (nSPS) is 11.8. The van der Waals surface area contributed by atoms with Gasteiger partial charge in [0.1, 0.15) is 11.7 Å². The molecule has 1 amide bonds. The summed E-state index contributed by atoms with van der Waals surface area (Å²) in [5, 5.41) is 19.3. The summed E-state index contributed by atoms with van der Waals surface area (Å²) in [5.41, 5.74) is 0.154. The number of aromatic nitrogens is 2. The van der Waals surface area contributed by atoms with Gasteiger partial charge in [0.15, 0.2) is 0 Å². The number of carboxylic acids is 2. The minimum absolute atomic E-state index is 0.154. The van der Waals surface area contributed by atoms with E-state index in [9.17, 15) is 14.4 Å². The summed E-state index contributed by atoms with van der Waals surface area (Å²) in [7, 11) is 1.56. The molecular formula is C9H11N3O5. The van der Waals surface area contributed by atoms with Crippen molar-refractivity contribution in [1.29, 1.82) is 0 Å². The maximum Gasteiger partial charge on any atom is 0.326 e. The number of amides is 1. The summed E-state index contributed by atoms with van der Waals surface area (Å²) < 4.78 is 1.40. The summed E-state index contributed by atoms with van der Waals surface area (Å²) in [5.74, 6) is -3.38. The van der Waals surface area contributed by atoms with E-state index < -0.39 is 30.3 Å². The topological polar surface area (TPSA) is 122 Å². The highest BCUT2D eigenvalue weighted by atomic mass is 16.4. The molecule has 8 nitrogen and oxygen atoms in total. The minimum Gasteiger partial charge on any atom is -0.481 e. The maximum atomic E-state index is 11.6. The van der Waals surface area contributed by atoms with Crippen molar-refractivity contribution < 1.29 is 24.6 Å². The number of imidazole rings is 1. The van der Waals surface area contributed by atoms with Crippen LogP contribution in [-0.4, -0.2) is 43.7 Å². The van der Waals surface area contributed by atoms with Crippen LogP contribution in [-0.2, 0) is 16.6 Å². The molecule has 1 aromatic heterocycles. The Morgan fingerprint density at radius 3 is 2.53 bits per heavy atom. The first kappa shape index (κ1) is 12.7. The van der Waals surface area contributed by atoms with Crippen LogP contribution in [0.3, 0.4) is 0 Å². The molecular weight excluding hydrogens is 230 g/mol. The van der Waals surface area contributed by atoms with Gasteiger partial charge in [0.2, 0.25) is 0 Å². The molecule has 1 atom stereocenters. The highest BCUT2D eigenvalue weighted by Gasteiger charge is 2.24. The second-order valence-electron chi connectivity index (χ2n) is 3.35. The molecule has 0 aliphatic carbocycles. The predicted molar refractivity (Wildman–Crippen MR) is 54.4 cm³/mol. The molecule has 1 heterocycles. The first-order chi connectivity index (χ1) is 7.91. The molecule has 0 saturated carbocycles. The number of carbonyl (C=O) groups excluding carboxylic acids is 1. The lowest BCUT2D eigenvalue weighted by atomic mass is 10.2. The van der Waals surface area contributed by atoms with E-state index in [1.54, 1.807) is 7.05 Å². The first-order valence-electron chi connectivity index (χ1n) is 4.63. The summed E-state index contributed by atoms with van der Waals surface area (Å²) in [6.07, 6.45) is 1.95. The Balaban J connectivity index is 2.74. The fourth-order valence-electron chi connectivity index (χ4n) is 1.18. The van der Waals surface area contributed by atoms with Crippen molar-refractivity contribution in [2.75, 3.05) is 0 Å². The number of aryl methyl sites for hydroxylation is 1. The Morgan fingerprint density at radius 2 is 2.12 bits per heavy atom. The number of rotatable bonds is 5. The van der Waals surface area contributed by atoms with Crippen LogP contribution >= 0.6 is 0 Å². The van der Waals surface area contributed by atoms with Crippen molar-refractivity contribution in [3.63, 3.8) is 0 Å². The van der Waals surface area contributed by atoms with E-state index in [0.717, 1.165) is 0 Å². The van der Waals surface area contributed by atoms with E-state index in [4.69, 9.17) is 10.2 Å². The number of hydrogen-bond acceptors (Lipinski definition) is 4. The van der Waals surface area contributed by atoms with Gasteiger partial charge in [-0.05, 0) is 0 Å². The van der Waals surface area contributed by atoms with E-state index in [2.05, 4.69) is 10.3 Å². The number of nitrogens with zero attached hydrogens (tertiary/aromatic N) is 2. The molecule has 3 N–H and O–H groups in total. The molecule has 1 rings (SSSR count). The van der Waals surface area contributed by atoms with Crippen LogP contribution in [0.5, 0.6) is 0 Å². The lowest BCUT2D eigenvalue weighted by molar-refractivity contribution is -0.145. The minimum atomic E-state index is -1.46. The van der Waals surface area contributed by atoms with Crippen molar-refractivity contribution in [3.8, 4) is 0 Å². The standard InChI is InChI=1S/C9H11N3O5/c1-12-4-10-3-6(12)8(15)11-5(9(16)17)2-7(13)14/h3-5H,2H2,1H3,(H,11,15)(H,13,14)(H,16,17)/t5-/m1/s1. The van der Waals surface area contributed by atoms with E-state index in [-0.39, 0.29) is 5.69 Å². The second kappa shape index (κ2) is 5.10. The van der Waals surface area contributed by atoms with Crippen molar-refractivity contribution in [3.05, 3.63) is 18.2 Å². The Morgan fingerprint density at radius 1 is 1.47 bits per heavy atom. The number of hydrogen-bond donors (Lipinski definition) is 3.